The third-order valence-corrected chi connectivity index (χ3v) is 13.8. The zero-order valence-electron chi connectivity index (χ0n) is 12.1. The molecule has 0 amide bonds. The van der Waals surface area contributed by atoms with Crippen LogP contribution in [-0.4, -0.2) is 40.9 Å². The zero-order valence-corrected chi connectivity index (χ0v) is 17.3. The molecule has 3 nitrogen and oxygen atoms in total. The lowest BCUT2D eigenvalue weighted by Gasteiger charge is -2.37. The summed E-state index contributed by atoms with van der Waals surface area (Å²) in [5.74, 6) is 0. The largest absolute Gasteiger partial charge is 0.487 e. The minimum atomic E-state index is -2.64. The van der Waals surface area contributed by atoms with Crippen LogP contribution in [0.15, 0.2) is 0 Å². The van der Waals surface area contributed by atoms with Gasteiger partial charge in [0.1, 0.15) is 5.00 Å². The van der Waals surface area contributed by atoms with E-state index in [9.17, 15) is 0 Å². The lowest BCUT2D eigenvalue weighted by Crippen LogP contribution is -2.59. The molecule has 0 aromatic rings. The topological polar surface area (TPSA) is 27.7 Å². The summed E-state index contributed by atoms with van der Waals surface area (Å²) in [6, 6.07) is 0. The van der Waals surface area contributed by atoms with Gasteiger partial charge in [-0.25, -0.2) is 0 Å². The minimum absolute atomic E-state index is 0.0952. The summed E-state index contributed by atoms with van der Waals surface area (Å²) in [4.78, 5) is 0. The monoisotopic (exact) mass is 330 g/mol. The van der Waals surface area contributed by atoms with Crippen LogP contribution in [-0.2, 0) is 12.3 Å². The second-order valence-electron chi connectivity index (χ2n) is 4.98. The Morgan fingerprint density at radius 2 is 1.18 bits per heavy atom. The molecular formula is C9H27ClO3Si4. The highest BCUT2D eigenvalue weighted by Gasteiger charge is 2.49. The van der Waals surface area contributed by atoms with Crippen LogP contribution in [0.3, 0.4) is 0 Å². The van der Waals surface area contributed by atoms with Gasteiger partial charge in [0.25, 0.3) is 0 Å². The van der Waals surface area contributed by atoms with Gasteiger partial charge in [-0.2, -0.15) is 0 Å². The molecule has 0 aliphatic rings. The van der Waals surface area contributed by atoms with E-state index in [4.69, 9.17) is 23.9 Å². The molecule has 0 saturated carbocycles. The molecule has 0 radical (unpaired) electrons. The summed E-state index contributed by atoms with van der Waals surface area (Å²) in [5, 5.41) is -0.0952. The SMILES string of the molecule is CCC(Cl)[Si](O[SiH](C)C)(O[SiH](C)C)O[SiH](C)C. The predicted octanol–water partition coefficient (Wildman–Crippen LogP) is 2.48. The minimum Gasteiger partial charge on any atom is -0.419 e. The van der Waals surface area contributed by atoms with Crippen molar-refractivity contribution in [3.8, 4) is 0 Å². The first-order valence-electron chi connectivity index (χ1n) is 6.41. The molecule has 0 N–H and O–H groups in total. The van der Waals surface area contributed by atoms with Crippen LogP contribution in [0, 0.1) is 0 Å². The summed E-state index contributed by atoms with van der Waals surface area (Å²) in [5.41, 5.74) is 0. The smallest absolute Gasteiger partial charge is 0.419 e. The van der Waals surface area contributed by atoms with Crippen LogP contribution in [0.2, 0.25) is 39.3 Å². The predicted molar refractivity (Wildman–Crippen MR) is 85.6 cm³/mol. The Morgan fingerprint density at radius 1 is 0.882 bits per heavy atom. The lowest BCUT2D eigenvalue weighted by molar-refractivity contribution is 0.263. The Labute approximate surface area is 117 Å². The number of halogens is 1. The van der Waals surface area contributed by atoms with E-state index in [1.165, 1.54) is 0 Å². The van der Waals surface area contributed by atoms with E-state index in [-0.39, 0.29) is 5.00 Å². The summed E-state index contributed by atoms with van der Waals surface area (Å²) in [6.45, 7) is 15.0. The van der Waals surface area contributed by atoms with Gasteiger partial charge in [0, 0.05) is 0 Å². The average Bonchev–Trinajstić information content (AvgIpc) is 2.12. The maximum absolute atomic E-state index is 6.47. The molecule has 0 aliphatic heterocycles. The average molecular weight is 331 g/mol. The number of alkyl halides is 1. The third kappa shape index (κ3) is 6.67. The molecular weight excluding hydrogens is 304 g/mol. The van der Waals surface area contributed by atoms with E-state index in [2.05, 4.69) is 46.2 Å². The van der Waals surface area contributed by atoms with Crippen molar-refractivity contribution in [1.29, 1.82) is 0 Å². The van der Waals surface area contributed by atoms with E-state index in [0.717, 1.165) is 6.42 Å². The van der Waals surface area contributed by atoms with Crippen molar-refractivity contribution in [3.63, 3.8) is 0 Å². The molecule has 1 unspecified atom stereocenters. The van der Waals surface area contributed by atoms with Crippen molar-refractivity contribution >= 4 is 47.5 Å². The van der Waals surface area contributed by atoms with Crippen molar-refractivity contribution in [2.24, 2.45) is 0 Å². The van der Waals surface area contributed by atoms with Crippen LogP contribution in [0.5, 0.6) is 0 Å². The second kappa shape index (κ2) is 8.26. The molecule has 8 heteroatoms. The van der Waals surface area contributed by atoms with Crippen molar-refractivity contribution in [1.82, 2.24) is 0 Å². The first-order chi connectivity index (χ1) is 7.73. The van der Waals surface area contributed by atoms with E-state index in [1.54, 1.807) is 0 Å². The zero-order chi connectivity index (χ0) is 13.6. The number of hydrogen-bond donors (Lipinski definition) is 0. The van der Waals surface area contributed by atoms with Gasteiger partial charge in [0.15, 0.2) is 27.1 Å². The molecule has 0 saturated heterocycles. The molecule has 0 spiro atoms. The van der Waals surface area contributed by atoms with Gasteiger partial charge in [-0.05, 0) is 45.7 Å². The Kier molecular flexibility index (Phi) is 8.76. The normalized spacial score (nSPS) is 15.0. The standard InChI is InChI=1S/C9H27ClO3Si4/c1-8-9(10)17(11-14(2)3,12-15(4)5)13-16(6)7/h9,14-16H,8H2,1-7H3. The van der Waals surface area contributed by atoms with Gasteiger partial charge >= 0.3 is 8.80 Å². The molecule has 0 bridgehead atoms. The van der Waals surface area contributed by atoms with Gasteiger partial charge in [-0.3, -0.25) is 0 Å². The third-order valence-electron chi connectivity index (χ3n) is 1.94. The highest BCUT2D eigenvalue weighted by atomic mass is 35.5. The van der Waals surface area contributed by atoms with Gasteiger partial charge in [0.2, 0.25) is 0 Å². The summed E-state index contributed by atoms with van der Waals surface area (Å²) >= 11 is 6.47. The van der Waals surface area contributed by atoms with Gasteiger partial charge < -0.3 is 12.3 Å². The Balaban J connectivity index is 5.04. The van der Waals surface area contributed by atoms with Crippen molar-refractivity contribution < 1.29 is 12.3 Å². The molecule has 1 atom stereocenters. The molecule has 17 heavy (non-hydrogen) atoms. The van der Waals surface area contributed by atoms with Crippen LogP contribution in [0.4, 0.5) is 0 Å². The van der Waals surface area contributed by atoms with Crippen molar-refractivity contribution in [2.45, 2.75) is 57.6 Å². The highest BCUT2D eigenvalue weighted by Crippen LogP contribution is 2.25. The van der Waals surface area contributed by atoms with Crippen LogP contribution >= 0.6 is 11.6 Å². The molecule has 0 aliphatic carbocycles. The van der Waals surface area contributed by atoms with Gasteiger partial charge in [0.05, 0.1) is 0 Å². The van der Waals surface area contributed by atoms with Crippen molar-refractivity contribution in [2.75, 3.05) is 0 Å². The second-order valence-corrected chi connectivity index (χ2v) is 16.9. The number of hydrogen-bond acceptors (Lipinski definition) is 3. The fourth-order valence-corrected chi connectivity index (χ4v) is 15.3. The molecule has 0 rings (SSSR count). The summed E-state index contributed by atoms with van der Waals surface area (Å²) < 4.78 is 18.5. The van der Waals surface area contributed by atoms with Crippen LogP contribution < -0.4 is 0 Å². The maximum Gasteiger partial charge on any atom is 0.487 e. The van der Waals surface area contributed by atoms with Gasteiger partial charge in [-0.15, -0.1) is 11.6 Å². The molecule has 0 heterocycles. The Morgan fingerprint density at radius 3 is 1.35 bits per heavy atom. The molecule has 0 aromatic carbocycles. The summed E-state index contributed by atoms with van der Waals surface area (Å²) in [6.07, 6.45) is 0.844. The highest BCUT2D eigenvalue weighted by molar-refractivity contribution is 6.85. The van der Waals surface area contributed by atoms with E-state index in [0.29, 0.717) is 0 Å². The van der Waals surface area contributed by atoms with Gasteiger partial charge in [-0.1, -0.05) is 6.92 Å². The Hall–Kier alpha value is 1.04. The number of rotatable bonds is 8. The Bertz CT molecular complexity index is 190. The molecule has 0 aromatic heterocycles. The van der Waals surface area contributed by atoms with Crippen LogP contribution in [0.1, 0.15) is 13.3 Å². The summed E-state index contributed by atoms with van der Waals surface area (Å²) in [7, 11) is -6.27. The van der Waals surface area contributed by atoms with E-state index < -0.39 is 35.9 Å². The van der Waals surface area contributed by atoms with Crippen molar-refractivity contribution in [3.05, 3.63) is 0 Å². The molecule has 0 fully saturated rings. The van der Waals surface area contributed by atoms with Crippen LogP contribution in [0.25, 0.3) is 0 Å². The first kappa shape index (κ1) is 18.0. The van der Waals surface area contributed by atoms with E-state index >= 15 is 0 Å². The fourth-order valence-electron chi connectivity index (χ4n) is 1.54. The maximum atomic E-state index is 6.47. The van der Waals surface area contributed by atoms with E-state index in [1.807, 2.05) is 0 Å². The fraction of sp³-hybridized carbons (Fsp3) is 1.00. The first-order valence-corrected chi connectivity index (χ1v) is 17.0. The molecule has 104 valence electrons. The lowest BCUT2D eigenvalue weighted by atomic mass is 10.6. The quantitative estimate of drug-likeness (QED) is 0.505.